The number of benzene rings is 2. The van der Waals surface area contributed by atoms with Crippen molar-refractivity contribution < 1.29 is 17.9 Å². The summed E-state index contributed by atoms with van der Waals surface area (Å²) < 4.78 is 44.9. The van der Waals surface area contributed by atoms with Gasteiger partial charge in [-0.25, -0.2) is 0 Å². The van der Waals surface area contributed by atoms with Crippen molar-refractivity contribution in [1.82, 2.24) is 0 Å². The Bertz CT molecular complexity index is 817. The third kappa shape index (κ3) is 4.24. The first-order valence-electron chi connectivity index (χ1n) is 6.52. The van der Waals surface area contributed by atoms with Crippen molar-refractivity contribution in [3.05, 3.63) is 54.1 Å². The Morgan fingerprint density at radius 3 is 2.29 bits per heavy atom. The number of rotatable bonds is 4. The predicted octanol–water partition coefficient (Wildman–Crippen LogP) is 4.31. The first-order valence-corrected chi connectivity index (χ1v) is 6.52. The molecule has 2 aromatic carbocycles. The Hall–Kier alpha value is -3.52. The van der Waals surface area contributed by atoms with Crippen molar-refractivity contribution in [2.24, 2.45) is 5.10 Å². The number of halogens is 3. The zero-order chi connectivity index (χ0) is 17.6. The van der Waals surface area contributed by atoms with Crippen LogP contribution in [0.2, 0.25) is 0 Å². The van der Waals surface area contributed by atoms with Crippen LogP contribution in [0.1, 0.15) is 5.56 Å². The topological polar surface area (TPSA) is 81.2 Å². The summed E-state index contributed by atoms with van der Waals surface area (Å²) in [4.78, 5) is 0. The number of nitriles is 2. The minimum absolute atomic E-state index is 0.0364. The SMILES string of the molecule is N#CC(C#N)=NNc1ccc(Oc2ccccc2)c(C(F)(F)F)c1. The van der Waals surface area contributed by atoms with Gasteiger partial charge in [-0.15, -0.1) is 0 Å². The summed E-state index contributed by atoms with van der Waals surface area (Å²) in [6.45, 7) is 0. The fourth-order valence-electron chi connectivity index (χ4n) is 1.72. The molecular formula is C16H9F3N4O. The molecule has 0 atom stereocenters. The normalized spacial score (nSPS) is 10.2. The van der Waals surface area contributed by atoms with Gasteiger partial charge in [-0.2, -0.15) is 28.8 Å². The summed E-state index contributed by atoms with van der Waals surface area (Å²) in [6, 6.07) is 14.2. The molecule has 0 radical (unpaired) electrons. The first kappa shape index (κ1) is 16.8. The van der Waals surface area contributed by atoms with Gasteiger partial charge in [-0.05, 0) is 30.3 Å². The lowest BCUT2D eigenvalue weighted by atomic mass is 10.1. The summed E-state index contributed by atoms with van der Waals surface area (Å²) >= 11 is 0. The molecule has 0 heterocycles. The Balaban J connectivity index is 2.35. The van der Waals surface area contributed by atoms with Gasteiger partial charge in [-0.3, -0.25) is 5.43 Å². The monoisotopic (exact) mass is 330 g/mol. The summed E-state index contributed by atoms with van der Waals surface area (Å²) in [5.74, 6) is -0.109. The summed E-state index contributed by atoms with van der Waals surface area (Å²) in [5, 5.41) is 20.5. The van der Waals surface area contributed by atoms with Gasteiger partial charge in [0.05, 0.1) is 5.69 Å². The van der Waals surface area contributed by atoms with Crippen molar-refractivity contribution in [3.8, 4) is 23.6 Å². The highest BCUT2D eigenvalue weighted by Crippen LogP contribution is 2.39. The lowest BCUT2D eigenvalue weighted by molar-refractivity contribution is -0.138. The molecular weight excluding hydrogens is 321 g/mol. The molecule has 0 aliphatic heterocycles. The van der Waals surface area contributed by atoms with Gasteiger partial charge in [0.25, 0.3) is 0 Å². The molecule has 5 nitrogen and oxygen atoms in total. The molecule has 0 bridgehead atoms. The number of ether oxygens (including phenoxy) is 1. The quantitative estimate of drug-likeness (QED) is 0.669. The van der Waals surface area contributed by atoms with E-state index in [1.807, 2.05) is 0 Å². The fraction of sp³-hybridized carbons (Fsp3) is 0.0625. The van der Waals surface area contributed by atoms with E-state index >= 15 is 0 Å². The van der Waals surface area contributed by atoms with E-state index in [-0.39, 0.29) is 17.2 Å². The highest BCUT2D eigenvalue weighted by molar-refractivity contribution is 6.10. The molecule has 2 aromatic rings. The molecule has 0 fully saturated rings. The van der Waals surface area contributed by atoms with E-state index in [0.717, 1.165) is 12.1 Å². The first-order chi connectivity index (χ1) is 11.4. The standard InChI is InChI=1S/C16H9F3N4O/c17-16(18,19)14-8-11(22-23-12(9-20)10-21)6-7-15(14)24-13-4-2-1-3-5-13/h1-8,22H. The van der Waals surface area contributed by atoms with Crippen LogP contribution in [-0.2, 0) is 6.18 Å². The van der Waals surface area contributed by atoms with Crippen molar-refractivity contribution in [2.45, 2.75) is 6.18 Å². The number of nitrogens with one attached hydrogen (secondary N) is 1. The van der Waals surface area contributed by atoms with Crippen molar-refractivity contribution in [2.75, 3.05) is 5.43 Å². The predicted molar refractivity (Wildman–Crippen MR) is 80.2 cm³/mol. The summed E-state index contributed by atoms with van der Waals surface area (Å²) in [5.41, 5.74) is 0.683. The van der Waals surface area contributed by atoms with Crippen LogP contribution < -0.4 is 10.2 Å². The van der Waals surface area contributed by atoms with Crippen LogP contribution in [0.5, 0.6) is 11.5 Å². The second-order valence-corrected chi connectivity index (χ2v) is 4.42. The zero-order valence-corrected chi connectivity index (χ0v) is 12.0. The molecule has 120 valence electrons. The smallest absolute Gasteiger partial charge is 0.420 e. The van der Waals surface area contributed by atoms with E-state index < -0.39 is 17.5 Å². The maximum Gasteiger partial charge on any atom is 0.420 e. The summed E-state index contributed by atoms with van der Waals surface area (Å²) in [6.07, 6.45) is -4.65. The van der Waals surface area contributed by atoms with E-state index in [4.69, 9.17) is 15.3 Å². The van der Waals surface area contributed by atoms with Crippen LogP contribution in [-0.4, -0.2) is 5.71 Å². The van der Waals surface area contributed by atoms with E-state index in [9.17, 15) is 13.2 Å². The van der Waals surface area contributed by atoms with E-state index in [1.165, 1.54) is 30.3 Å². The number of alkyl halides is 3. The van der Waals surface area contributed by atoms with Crippen LogP contribution in [0.4, 0.5) is 18.9 Å². The Morgan fingerprint density at radius 1 is 1.04 bits per heavy atom. The van der Waals surface area contributed by atoms with Gasteiger partial charge in [0.1, 0.15) is 29.2 Å². The number of nitrogens with zero attached hydrogens (tertiary/aromatic N) is 3. The molecule has 0 spiro atoms. The molecule has 0 aliphatic carbocycles. The summed E-state index contributed by atoms with van der Waals surface area (Å²) in [7, 11) is 0. The van der Waals surface area contributed by atoms with Crippen molar-refractivity contribution in [1.29, 1.82) is 10.5 Å². The Morgan fingerprint density at radius 2 is 1.71 bits per heavy atom. The number of hydrogen-bond donors (Lipinski definition) is 1. The van der Waals surface area contributed by atoms with Crippen LogP contribution in [0.25, 0.3) is 0 Å². The molecule has 0 saturated heterocycles. The number of hydrazone groups is 1. The zero-order valence-electron chi connectivity index (χ0n) is 12.0. The maximum atomic E-state index is 13.2. The van der Waals surface area contributed by atoms with Crippen LogP contribution in [0.3, 0.4) is 0 Å². The van der Waals surface area contributed by atoms with E-state index in [2.05, 4.69) is 10.5 Å². The van der Waals surface area contributed by atoms with E-state index in [0.29, 0.717) is 0 Å². The van der Waals surface area contributed by atoms with Crippen LogP contribution in [0, 0.1) is 22.7 Å². The molecule has 0 amide bonds. The maximum absolute atomic E-state index is 13.2. The fourth-order valence-corrected chi connectivity index (χ4v) is 1.72. The third-order valence-corrected chi connectivity index (χ3v) is 2.76. The Labute approximate surface area is 135 Å². The second kappa shape index (κ2) is 7.16. The molecule has 24 heavy (non-hydrogen) atoms. The average Bonchev–Trinajstić information content (AvgIpc) is 2.57. The lowest BCUT2D eigenvalue weighted by Gasteiger charge is -2.15. The number of anilines is 1. The van der Waals surface area contributed by atoms with Gasteiger partial charge in [0.2, 0.25) is 5.71 Å². The molecule has 1 N–H and O–H groups in total. The molecule has 0 saturated carbocycles. The minimum atomic E-state index is -4.65. The highest BCUT2D eigenvalue weighted by atomic mass is 19.4. The molecule has 2 rings (SSSR count). The van der Waals surface area contributed by atoms with Gasteiger partial charge in [0, 0.05) is 0 Å². The van der Waals surface area contributed by atoms with Crippen LogP contribution >= 0.6 is 0 Å². The largest absolute Gasteiger partial charge is 0.457 e. The number of para-hydroxylation sites is 1. The second-order valence-electron chi connectivity index (χ2n) is 4.42. The van der Waals surface area contributed by atoms with Gasteiger partial charge in [-0.1, -0.05) is 18.2 Å². The van der Waals surface area contributed by atoms with Gasteiger partial charge < -0.3 is 4.74 Å². The molecule has 0 unspecified atom stereocenters. The Kier molecular flexibility index (Phi) is 5.03. The molecule has 8 heteroatoms. The van der Waals surface area contributed by atoms with Crippen molar-refractivity contribution in [3.63, 3.8) is 0 Å². The highest BCUT2D eigenvalue weighted by Gasteiger charge is 2.35. The average molecular weight is 330 g/mol. The lowest BCUT2D eigenvalue weighted by Crippen LogP contribution is -2.08. The van der Waals surface area contributed by atoms with Gasteiger partial charge >= 0.3 is 6.18 Å². The third-order valence-electron chi connectivity index (χ3n) is 2.76. The number of hydrogen-bond acceptors (Lipinski definition) is 5. The minimum Gasteiger partial charge on any atom is -0.457 e. The van der Waals surface area contributed by atoms with Crippen LogP contribution in [0.15, 0.2) is 53.6 Å². The molecule has 0 aliphatic rings. The van der Waals surface area contributed by atoms with E-state index in [1.54, 1.807) is 18.2 Å². The van der Waals surface area contributed by atoms with Gasteiger partial charge in [0.15, 0.2) is 0 Å². The van der Waals surface area contributed by atoms with Crippen molar-refractivity contribution >= 4 is 11.4 Å². The molecule has 0 aromatic heterocycles.